The molecule has 4 heterocycles. The first-order valence-electron chi connectivity index (χ1n) is 9.12. The van der Waals surface area contributed by atoms with Crippen molar-refractivity contribution in [1.29, 1.82) is 0 Å². The van der Waals surface area contributed by atoms with E-state index in [1.807, 2.05) is 22.9 Å². The second-order valence-corrected chi connectivity index (χ2v) is 6.54. The van der Waals surface area contributed by atoms with Crippen LogP contribution in [-0.2, 0) is 11.3 Å². The van der Waals surface area contributed by atoms with E-state index in [1.165, 1.54) is 6.20 Å². The lowest BCUT2D eigenvalue weighted by Crippen LogP contribution is -2.20. The molecule has 1 fully saturated rings. The minimum absolute atomic E-state index is 0.0505. The zero-order chi connectivity index (χ0) is 19.3. The summed E-state index contributed by atoms with van der Waals surface area (Å²) >= 11 is 0. The number of carboxylic acid groups (broad SMARTS) is 1. The summed E-state index contributed by atoms with van der Waals surface area (Å²) in [6, 6.07) is 7.16. The van der Waals surface area contributed by atoms with Crippen molar-refractivity contribution in [3.63, 3.8) is 0 Å². The molecule has 3 aromatic rings. The predicted octanol–water partition coefficient (Wildman–Crippen LogP) is 3.32. The molecule has 144 valence electrons. The number of ether oxygens (including phenoxy) is 2. The van der Waals surface area contributed by atoms with E-state index in [9.17, 15) is 4.79 Å². The van der Waals surface area contributed by atoms with Gasteiger partial charge in [-0.3, -0.25) is 9.97 Å². The number of aromatic carboxylic acids is 1. The van der Waals surface area contributed by atoms with Crippen LogP contribution in [0.4, 0.5) is 0 Å². The molecule has 0 amide bonds. The molecular formula is C20H20N4O4. The fourth-order valence-electron chi connectivity index (χ4n) is 3.13. The third-order valence-corrected chi connectivity index (χ3v) is 4.54. The third-order valence-electron chi connectivity index (χ3n) is 4.54. The minimum Gasteiger partial charge on any atom is -0.487 e. The first-order valence-corrected chi connectivity index (χ1v) is 9.12. The quantitative estimate of drug-likeness (QED) is 0.700. The van der Waals surface area contributed by atoms with Gasteiger partial charge in [0.15, 0.2) is 6.23 Å². The number of carbonyl (C=O) groups is 1. The van der Waals surface area contributed by atoms with E-state index in [-0.39, 0.29) is 18.4 Å². The molecule has 0 aromatic carbocycles. The second kappa shape index (κ2) is 8.18. The molecule has 1 atom stereocenters. The number of rotatable bonds is 6. The van der Waals surface area contributed by atoms with Gasteiger partial charge in [0.25, 0.3) is 0 Å². The Labute approximate surface area is 161 Å². The summed E-state index contributed by atoms with van der Waals surface area (Å²) in [4.78, 5) is 19.4. The van der Waals surface area contributed by atoms with Crippen LogP contribution in [0.25, 0.3) is 11.4 Å². The molecule has 1 unspecified atom stereocenters. The highest BCUT2D eigenvalue weighted by Crippen LogP contribution is 2.28. The van der Waals surface area contributed by atoms with Crippen molar-refractivity contribution in [2.45, 2.75) is 32.1 Å². The fraction of sp³-hybridized carbons (Fsp3) is 0.300. The monoisotopic (exact) mass is 380 g/mol. The zero-order valence-electron chi connectivity index (χ0n) is 15.2. The molecule has 1 saturated heterocycles. The Morgan fingerprint density at radius 3 is 2.93 bits per heavy atom. The summed E-state index contributed by atoms with van der Waals surface area (Å²) < 4.78 is 13.4. The van der Waals surface area contributed by atoms with E-state index in [1.54, 1.807) is 24.7 Å². The average Bonchev–Trinajstić information content (AvgIpc) is 3.23. The van der Waals surface area contributed by atoms with Crippen LogP contribution in [0.2, 0.25) is 0 Å². The summed E-state index contributed by atoms with van der Waals surface area (Å²) in [5, 5.41) is 13.4. The van der Waals surface area contributed by atoms with Crippen molar-refractivity contribution >= 4 is 5.97 Å². The molecule has 0 radical (unpaired) electrons. The maximum Gasteiger partial charge on any atom is 0.337 e. The number of pyridine rings is 2. The van der Waals surface area contributed by atoms with Crippen molar-refractivity contribution in [3.05, 3.63) is 60.2 Å². The first kappa shape index (κ1) is 18.1. The normalized spacial score (nSPS) is 16.6. The van der Waals surface area contributed by atoms with Gasteiger partial charge < -0.3 is 14.6 Å². The van der Waals surface area contributed by atoms with Gasteiger partial charge in [0.05, 0.1) is 23.1 Å². The lowest BCUT2D eigenvalue weighted by Gasteiger charge is -2.24. The molecule has 28 heavy (non-hydrogen) atoms. The van der Waals surface area contributed by atoms with Gasteiger partial charge in [-0.1, -0.05) is 0 Å². The Morgan fingerprint density at radius 1 is 1.25 bits per heavy atom. The van der Waals surface area contributed by atoms with Crippen molar-refractivity contribution < 1.29 is 19.4 Å². The molecule has 8 heteroatoms. The molecule has 0 saturated carbocycles. The zero-order valence-corrected chi connectivity index (χ0v) is 15.2. The highest BCUT2D eigenvalue weighted by atomic mass is 16.5. The number of hydrogen-bond donors (Lipinski definition) is 1. The molecule has 0 spiro atoms. The van der Waals surface area contributed by atoms with Crippen LogP contribution in [0.15, 0.2) is 49.1 Å². The third kappa shape index (κ3) is 4.01. The van der Waals surface area contributed by atoms with Gasteiger partial charge in [-0.2, -0.15) is 5.10 Å². The molecule has 0 aliphatic carbocycles. The van der Waals surface area contributed by atoms with E-state index >= 15 is 0 Å². The van der Waals surface area contributed by atoms with Crippen LogP contribution in [0.5, 0.6) is 5.75 Å². The van der Waals surface area contributed by atoms with E-state index < -0.39 is 5.97 Å². The van der Waals surface area contributed by atoms with Crippen molar-refractivity contribution in [3.8, 4) is 17.1 Å². The van der Waals surface area contributed by atoms with E-state index in [0.717, 1.165) is 37.3 Å². The van der Waals surface area contributed by atoms with E-state index in [0.29, 0.717) is 11.3 Å². The van der Waals surface area contributed by atoms with Crippen molar-refractivity contribution in [1.82, 2.24) is 19.7 Å². The van der Waals surface area contributed by atoms with Gasteiger partial charge in [-0.05, 0) is 43.5 Å². The lowest BCUT2D eigenvalue weighted by atomic mass is 10.2. The summed E-state index contributed by atoms with van der Waals surface area (Å²) in [6.45, 7) is 0.963. The fourth-order valence-corrected chi connectivity index (χ4v) is 3.13. The highest BCUT2D eigenvalue weighted by molar-refractivity contribution is 5.87. The maximum absolute atomic E-state index is 11.0. The molecule has 4 rings (SSSR count). The Kier molecular flexibility index (Phi) is 5.29. The Balaban J connectivity index is 1.44. The van der Waals surface area contributed by atoms with Crippen LogP contribution in [-0.4, -0.2) is 37.4 Å². The smallest absolute Gasteiger partial charge is 0.337 e. The topological polar surface area (TPSA) is 99.4 Å². The van der Waals surface area contributed by atoms with Crippen LogP contribution in [0.1, 0.15) is 41.4 Å². The van der Waals surface area contributed by atoms with Gasteiger partial charge >= 0.3 is 5.97 Å². The number of carboxylic acids is 1. The van der Waals surface area contributed by atoms with E-state index in [4.69, 9.17) is 14.6 Å². The number of nitrogens with zero attached hydrogens (tertiary/aromatic N) is 4. The molecular weight excluding hydrogens is 360 g/mol. The number of hydrogen-bond acceptors (Lipinski definition) is 6. The van der Waals surface area contributed by atoms with Gasteiger partial charge in [-0.15, -0.1) is 0 Å². The summed E-state index contributed by atoms with van der Waals surface area (Å²) in [7, 11) is 0. The van der Waals surface area contributed by atoms with Gasteiger partial charge in [0, 0.05) is 30.8 Å². The predicted molar refractivity (Wildman–Crippen MR) is 99.8 cm³/mol. The van der Waals surface area contributed by atoms with Gasteiger partial charge in [0.1, 0.15) is 12.4 Å². The van der Waals surface area contributed by atoms with Crippen LogP contribution >= 0.6 is 0 Å². The summed E-state index contributed by atoms with van der Waals surface area (Å²) in [6.07, 6.45) is 9.39. The largest absolute Gasteiger partial charge is 0.487 e. The SMILES string of the molecule is O=C(O)c1cncc(COc2ccc(-c3ccnn3C3CCCCO3)nc2)c1. The summed E-state index contributed by atoms with van der Waals surface area (Å²) in [5.41, 5.74) is 2.50. The molecule has 1 N–H and O–H groups in total. The second-order valence-electron chi connectivity index (χ2n) is 6.54. The first-order chi connectivity index (χ1) is 13.7. The maximum atomic E-state index is 11.0. The highest BCUT2D eigenvalue weighted by Gasteiger charge is 2.20. The molecule has 1 aliphatic rings. The van der Waals surface area contributed by atoms with Crippen molar-refractivity contribution in [2.24, 2.45) is 0 Å². The lowest BCUT2D eigenvalue weighted by molar-refractivity contribution is -0.0384. The average molecular weight is 380 g/mol. The molecule has 1 aliphatic heterocycles. The molecule has 0 bridgehead atoms. The van der Waals surface area contributed by atoms with Crippen LogP contribution < -0.4 is 4.74 Å². The van der Waals surface area contributed by atoms with Gasteiger partial charge in [0.2, 0.25) is 0 Å². The molecule has 8 nitrogen and oxygen atoms in total. The Hall–Kier alpha value is -3.26. The van der Waals surface area contributed by atoms with Crippen molar-refractivity contribution in [2.75, 3.05) is 6.61 Å². The summed E-state index contributed by atoms with van der Waals surface area (Å²) in [5.74, 6) is -0.427. The van der Waals surface area contributed by atoms with Crippen LogP contribution in [0, 0.1) is 0 Å². The van der Waals surface area contributed by atoms with Crippen LogP contribution in [0.3, 0.4) is 0 Å². The molecule has 3 aromatic heterocycles. The minimum atomic E-state index is -1.01. The Bertz CT molecular complexity index is 949. The van der Waals surface area contributed by atoms with E-state index in [2.05, 4.69) is 15.1 Å². The standard InChI is InChI=1S/C20H20N4O4/c25-20(26)15-9-14(10-21-11-15)13-28-16-4-5-17(22-12-16)18-6-7-23-24(18)19-3-1-2-8-27-19/h4-7,9-12,19H,1-3,8,13H2,(H,25,26). The Morgan fingerprint density at radius 2 is 2.18 bits per heavy atom. The number of aromatic nitrogens is 4. The van der Waals surface area contributed by atoms with Gasteiger partial charge in [-0.25, -0.2) is 9.48 Å².